The van der Waals surface area contributed by atoms with E-state index in [4.69, 9.17) is 0 Å². The summed E-state index contributed by atoms with van der Waals surface area (Å²) in [6.45, 7) is 0.450. The largest absolute Gasteiger partial charge is 0.421 e. The first-order chi connectivity index (χ1) is 16.6. The number of rotatable bonds is 8. The number of sulfone groups is 1. The molecule has 0 radical (unpaired) electrons. The van der Waals surface area contributed by atoms with E-state index >= 15 is 0 Å². The number of nitrogens with one attached hydrogen (secondary N) is 2. The van der Waals surface area contributed by atoms with Crippen molar-refractivity contribution in [2.24, 2.45) is 0 Å². The maximum atomic E-state index is 13.5. The summed E-state index contributed by atoms with van der Waals surface area (Å²) in [4.78, 5) is 7.89. The van der Waals surface area contributed by atoms with E-state index < -0.39 is 27.4 Å². The smallest absolute Gasteiger partial charge is 0.365 e. The van der Waals surface area contributed by atoms with E-state index in [9.17, 15) is 21.6 Å². The molecule has 4 aromatic rings. The van der Waals surface area contributed by atoms with Gasteiger partial charge in [0.25, 0.3) is 0 Å². The molecular formula is C22H20F3N7O2S. The molecule has 182 valence electrons. The molecule has 2 N–H and O–H groups in total. The average Bonchev–Trinajstić information content (AvgIpc) is 3.31. The molecule has 0 aliphatic rings. The lowest BCUT2D eigenvalue weighted by molar-refractivity contribution is -0.137. The Labute approximate surface area is 199 Å². The van der Waals surface area contributed by atoms with Crippen LogP contribution in [0.15, 0.2) is 72.0 Å². The van der Waals surface area contributed by atoms with Crippen LogP contribution in [0.4, 0.5) is 30.6 Å². The quantitative estimate of drug-likeness (QED) is 0.372. The number of hydrogen-bond acceptors (Lipinski definition) is 8. The van der Waals surface area contributed by atoms with E-state index in [1.165, 1.54) is 18.2 Å². The van der Waals surface area contributed by atoms with Crippen LogP contribution in [0, 0.1) is 0 Å². The molecule has 0 aliphatic heterocycles. The molecule has 0 fully saturated rings. The predicted molar refractivity (Wildman–Crippen MR) is 123 cm³/mol. The SMILES string of the molecule is CS(=O)(=O)c1cccc(CNc2nc(Nc3ccc(Cn4ccnn4)cc3)ncc2C(F)(F)F)c1. The fourth-order valence-electron chi connectivity index (χ4n) is 3.18. The fraction of sp³-hybridized carbons (Fsp3) is 0.182. The van der Waals surface area contributed by atoms with Crippen molar-refractivity contribution in [3.05, 3.63) is 83.8 Å². The van der Waals surface area contributed by atoms with Crippen LogP contribution in [0.2, 0.25) is 0 Å². The lowest BCUT2D eigenvalue weighted by Gasteiger charge is -2.15. The van der Waals surface area contributed by atoms with Gasteiger partial charge in [-0.1, -0.05) is 29.5 Å². The minimum absolute atomic E-state index is 0.0330. The molecule has 0 atom stereocenters. The number of alkyl halides is 3. The molecule has 0 aliphatic carbocycles. The van der Waals surface area contributed by atoms with Gasteiger partial charge in [0.1, 0.15) is 11.4 Å². The standard InChI is InChI=1S/C22H20F3N7O2S/c1-35(33,34)18-4-2-3-16(11-18)12-26-20-19(22(23,24)25)13-27-21(30-20)29-17-7-5-15(6-8-17)14-32-10-9-28-31-32/h2-11,13H,12,14H2,1H3,(H2,26,27,29,30). The van der Waals surface area contributed by atoms with Crippen molar-refractivity contribution >= 4 is 27.3 Å². The Balaban J connectivity index is 1.52. The lowest BCUT2D eigenvalue weighted by atomic mass is 10.2. The van der Waals surface area contributed by atoms with Gasteiger partial charge in [-0.05, 0) is 35.4 Å². The highest BCUT2D eigenvalue weighted by Gasteiger charge is 2.35. The molecular weight excluding hydrogens is 483 g/mol. The summed E-state index contributed by atoms with van der Waals surface area (Å²) in [5, 5.41) is 13.2. The first-order valence-electron chi connectivity index (χ1n) is 10.2. The van der Waals surface area contributed by atoms with Gasteiger partial charge in [-0.2, -0.15) is 18.2 Å². The minimum atomic E-state index is -4.68. The summed E-state index contributed by atoms with van der Waals surface area (Å²) in [6, 6.07) is 13.1. The van der Waals surface area contributed by atoms with Crippen LogP contribution < -0.4 is 10.6 Å². The maximum absolute atomic E-state index is 13.5. The zero-order valence-electron chi connectivity index (χ0n) is 18.4. The first-order valence-corrected chi connectivity index (χ1v) is 12.1. The van der Waals surface area contributed by atoms with Crippen molar-refractivity contribution in [1.82, 2.24) is 25.0 Å². The summed E-state index contributed by atoms with van der Waals surface area (Å²) in [5.74, 6) is -0.461. The Hall–Kier alpha value is -4.00. The summed E-state index contributed by atoms with van der Waals surface area (Å²) >= 11 is 0. The first kappa shape index (κ1) is 24.1. The topological polar surface area (TPSA) is 115 Å². The predicted octanol–water partition coefficient (Wildman–Crippen LogP) is 3.89. The van der Waals surface area contributed by atoms with E-state index in [0.717, 1.165) is 11.8 Å². The molecule has 2 aromatic carbocycles. The molecule has 0 amide bonds. The third-order valence-electron chi connectivity index (χ3n) is 4.91. The molecule has 0 spiro atoms. The zero-order chi connectivity index (χ0) is 25.1. The average molecular weight is 504 g/mol. The number of aromatic nitrogens is 5. The van der Waals surface area contributed by atoms with Crippen molar-refractivity contribution < 1.29 is 21.6 Å². The van der Waals surface area contributed by atoms with Crippen LogP contribution in [-0.4, -0.2) is 39.6 Å². The monoisotopic (exact) mass is 503 g/mol. The minimum Gasteiger partial charge on any atom is -0.365 e. The summed E-state index contributed by atoms with van der Waals surface area (Å²) in [5.41, 5.74) is 0.981. The fourth-order valence-corrected chi connectivity index (χ4v) is 3.87. The van der Waals surface area contributed by atoms with Crippen LogP contribution in [0.3, 0.4) is 0 Å². The third-order valence-corrected chi connectivity index (χ3v) is 6.02. The summed E-state index contributed by atoms with van der Waals surface area (Å²) in [7, 11) is -3.45. The molecule has 0 saturated carbocycles. The Bertz CT molecular complexity index is 1410. The zero-order valence-corrected chi connectivity index (χ0v) is 19.2. The Morgan fingerprint density at radius 2 is 1.83 bits per heavy atom. The number of benzene rings is 2. The molecule has 35 heavy (non-hydrogen) atoms. The second-order valence-corrected chi connectivity index (χ2v) is 9.67. The van der Waals surface area contributed by atoms with E-state index in [2.05, 4.69) is 30.9 Å². The second-order valence-electron chi connectivity index (χ2n) is 7.65. The molecule has 2 heterocycles. The number of halogens is 3. The number of hydrogen-bond donors (Lipinski definition) is 2. The van der Waals surface area contributed by atoms with Gasteiger partial charge in [-0.25, -0.2) is 18.1 Å². The van der Waals surface area contributed by atoms with Gasteiger partial charge in [0, 0.05) is 30.9 Å². The molecule has 13 heteroatoms. The van der Waals surface area contributed by atoms with E-state index in [0.29, 0.717) is 24.0 Å². The van der Waals surface area contributed by atoms with Gasteiger partial charge in [-0.15, -0.1) is 5.10 Å². The second kappa shape index (κ2) is 9.70. The number of anilines is 3. The van der Waals surface area contributed by atoms with Gasteiger partial charge in [0.05, 0.1) is 17.6 Å². The van der Waals surface area contributed by atoms with Crippen LogP contribution in [-0.2, 0) is 29.1 Å². The van der Waals surface area contributed by atoms with Crippen molar-refractivity contribution in [2.45, 2.75) is 24.2 Å². The molecule has 9 nitrogen and oxygen atoms in total. The summed E-state index contributed by atoms with van der Waals surface area (Å²) in [6.07, 6.45) is 0.382. The lowest BCUT2D eigenvalue weighted by Crippen LogP contribution is -2.14. The molecule has 0 saturated heterocycles. The van der Waals surface area contributed by atoms with Crippen LogP contribution >= 0.6 is 0 Å². The normalized spacial score (nSPS) is 11.9. The van der Waals surface area contributed by atoms with Gasteiger partial charge in [-0.3, -0.25) is 0 Å². The van der Waals surface area contributed by atoms with Crippen molar-refractivity contribution in [2.75, 3.05) is 16.9 Å². The van der Waals surface area contributed by atoms with E-state index in [1.54, 1.807) is 35.3 Å². The highest BCUT2D eigenvalue weighted by Crippen LogP contribution is 2.34. The van der Waals surface area contributed by atoms with Crippen molar-refractivity contribution in [3.63, 3.8) is 0 Å². The van der Waals surface area contributed by atoms with E-state index in [1.807, 2.05) is 12.1 Å². The summed E-state index contributed by atoms with van der Waals surface area (Å²) < 4.78 is 65.7. The Kier molecular flexibility index (Phi) is 6.69. The molecule has 4 rings (SSSR count). The van der Waals surface area contributed by atoms with Crippen LogP contribution in [0.25, 0.3) is 0 Å². The highest BCUT2D eigenvalue weighted by molar-refractivity contribution is 7.90. The van der Waals surface area contributed by atoms with Crippen molar-refractivity contribution in [3.8, 4) is 0 Å². The Morgan fingerprint density at radius 1 is 1.06 bits per heavy atom. The van der Waals surface area contributed by atoms with E-state index in [-0.39, 0.29) is 17.4 Å². The molecule has 0 unspecified atom stereocenters. The maximum Gasteiger partial charge on any atom is 0.421 e. The highest BCUT2D eigenvalue weighted by atomic mass is 32.2. The van der Waals surface area contributed by atoms with Gasteiger partial charge in [0.15, 0.2) is 9.84 Å². The van der Waals surface area contributed by atoms with Gasteiger partial charge >= 0.3 is 6.18 Å². The Morgan fingerprint density at radius 3 is 2.49 bits per heavy atom. The van der Waals surface area contributed by atoms with Gasteiger partial charge < -0.3 is 10.6 Å². The molecule has 2 aromatic heterocycles. The molecule has 0 bridgehead atoms. The third kappa shape index (κ3) is 6.32. The number of nitrogens with zero attached hydrogens (tertiary/aromatic N) is 5. The van der Waals surface area contributed by atoms with Crippen molar-refractivity contribution in [1.29, 1.82) is 0 Å². The van der Waals surface area contributed by atoms with Crippen LogP contribution in [0.5, 0.6) is 0 Å². The van der Waals surface area contributed by atoms with Gasteiger partial charge in [0.2, 0.25) is 5.95 Å². The van der Waals surface area contributed by atoms with Crippen LogP contribution in [0.1, 0.15) is 16.7 Å².